The summed E-state index contributed by atoms with van der Waals surface area (Å²) in [5.41, 5.74) is 0. The van der Waals surface area contributed by atoms with Gasteiger partial charge in [-0.25, -0.2) is 0 Å². The van der Waals surface area contributed by atoms with Crippen molar-refractivity contribution in [1.29, 1.82) is 0 Å². The van der Waals surface area contributed by atoms with Gasteiger partial charge in [-0.15, -0.1) is 6.58 Å². The Morgan fingerprint density at radius 2 is 2.12 bits per heavy atom. The molecule has 2 unspecified atom stereocenters. The molecule has 1 rings (SSSR count). The third-order valence-electron chi connectivity index (χ3n) is 3.03. The highest BCUT2D eigenvalue weighted by molar-refractivity contribution is 4.71. The van der Waals surface area contributed by atoms with E-state index in [0.29, 0.717) is 25.4 Å². The Labute approximate surface area is 105 Å². The van der Waals surface area contributed by atoms with E-state index in [1.807, 2.05) is 6.08 Å². The third-order valence-corrected chi connectivity index (χ3v) is 3.03. The molecule has 0 saturated carbocycles. The Bertz CT molecular complexity index is 190. The second kappa shape index (κ2) is 9.63. The summed E-state index contributed by atoms with van der Waals surface area (Å²) in [5.74, 6) is 0. The molecule has 0 aromatic carbocycles. The van der Waals surface area contributed by atoms with Crippen LogP contribution >= 0.6 is 0 Å². The number of hydrogen-bond donors (Lipinski definition) is 0. The van der Waals surface area contributed by atoms with Gasteiger partial charge in [0, 0.05) is 7.11 Å². The number of allylic oxidation sites excluding steroid dienone is 1. The molecule has 1 aliphatic rings. The number of rotatable bonds is 12. The van der Waals surface area contributed by atoms with E-state index >= 15 is 0 Å². The molecule has 100 valence electrons. The van der Waals surface area contributed by atoms with Crippen molar-refractivity contribution >= 4 is 0 Å². The van der Waals surface area contributed by atoms with E-state index in [2.05, 4.69) is 6.58 Å². The molecule has 0 amide bonds. The molecule has 0 aliphatic carbocycles. The zero-order chi connectivity index (χ0) is 12.3. The molecule has 17 heavy (non-hydrogen) atoms. The zero-order valence-electron chi connectivity index (χ0n) is 11.0. The van der Waals surface area contributed by atoms with E-state index in [0.717, 1.165) is 25.9 Å². The standard InChI is InChI=1S/C14H26O3/c1-3-4-5-7-13(16-11-10-15-2)8-6-9-14-12-17-14/h3,13-14H,1,4-12H2,2H3. The summed E-state index contributed by atoms with van der Waals surface area (Å²) in [6, 6.07) is 0. The molecule has 0 aromatic rings. The molecule has 3 heteroatoms. The number of epoxide rings is 1. The van der Waals surface area contributed by atoms with Crippen LogP contribution in [-0.4, -0.2) is 39.1 Å². The summed E-state index contributed by atoms with van der Waals surface area (Å²) in [4.78, 5) is 0. The Kier molecular flexibility index (Phi) is 8.32. The van der Waals surface area contributed by atoms with Crippen molar-refractivity contribution in [3.8, 4) is 0 Å². The molecule has 1 heterocycles. The first-order valence-corrected chi connectivity index (χ1v) is 6.70. The van der Waals surface area contributed by atoms with Crippen molar-refractivity contribution < 1.29 is 14.2 Å². The molecule has 0 radical (unpaired) electrons. The smallest absolute Gasteiger partial charge is 0.0810 e. The summed E-state index contributed by atoms with van der Waals surface area (Å²) in [6.07, 6.45) is 9.80. The van der Waals surface area contributed by atoms with E-state index in [9.17, 15) is 0 Å². The summed E-state index contributed by atoms with van der Waals surface area (Å²) in [5, 5.41) is 0. The van der Waals surface area contributed by atoms with Crippen LogP contribution in [-0.2, 0) is 14.2 Å². The van der Waals surface area contributed by atoms with Gasteiger partial charge >= 0.3 is 0 Å². The van der Waals surface area contributed by atoms with Gasteiger partial charge in [-0.2, -0.15) is 0 Å². The van der Waals surface area contributed by atoms with Crippen LogP contribution < -0.4 is 0 Å². The lowest BCUT2D eigenvalue weighted by Gasteiger charge is -2.17. The van der Waals surface area contributed by atoms with Gasteiger partial charge in [0.1, 0.15) is 0 Å². The van der Waals surface area contributed by atoms with E-state index in [1.54, 1.807) is 7.11 Å². The maximum Gasteiger partial charge on any atom is 0.0810 e. The van der Waals surface area contributed by atoms with Gasteiger partial charge < -0.3 is 14.2 Å². The average Bonchev–Trinajstić information content (AvgIpc) is 3.13. The molecule has 1 aliphatic heterocycles. The topological polar surface area (TPSA) is 31.0 Å². The van der Waals surface area contributed by atoms with Gasteiger partial charge in [0.05, 0.1) is 32.0 Å². The second-order valence-corrected chi connectivity index (χ2v) is 4.59. The van der Waals surface area contributed by atoms with Crippen LogP contribution in [0.3, 0.4) is 0 Å². The van der Waals surface area contributed by atoms with Crippen LogP contribution in [0.1, 0.15) is 38.5 Å². The average molecular weight is 242 g/mol. The van der Waals surface area contributed by atoms with Crippen molar-refractivity contribution in [2.75, 3.05) is 26.9 Å². The van der Waals surface area contributed by atoms with Crippen molar-refractivity contribution in [2.45, 2.75) is 50.7 Å². The minimum Gasteiger partial charge on any atom is -0.382 e. The molecule has 0 spiro atoms. The summed E-state index contributed by atoms with van der Waals surface area (Å²) >= 11 is 0. The molecular weight excluding hydrogens is 216 g/mol. The van der Waals surface area contributed by atoms with Crippen molar-refractivity contribution in [2.24, 2.45) is 0 Å². The Hall–Kier alpha value is -0.380. The molecule has 1 saturated heterocycles. The minimum absolute atomic E-state index is 0.379. The first-order valence-electron chi connectivity index (χ1n) is 6.70. The highest BCUT2D eigenvalue weighted by Crippen LogP contribution is 2.19. The zero-order valence-corrected chi connectivity index (χ0v) is 11.0. The maximum atomic E-state index is 5.83. The summed E-state index contributed by atoms with van der Waals surface area (Å²) in [6.45, 7) is 6.10. The van der Waals surface area contributed by atoms with Crippen LogP contribution in [0.5, 0.6) is 0 Å². The Balaban J connectivity index is 2.06. The molecule has 0 aromatic heterocycles. The fourth-order valence-corrected chi connectivity index (χ4v) is 1.91. The Morgan fingerprint density at radius 3 is 2.76 bits per heavy atom. The molecule has 0 bridgehead atoms. The summed E-state index contributed by atoms with van der Waals surface area (Å²) in [7, 11) is 1.71. The fraction of sp³-hybridized carbons (Fsp3) is 0.857. The lowest BCUT2D eigenvalue weighted by atomic mass is 10.0. The number of unbranched alkanes of at least 4 members (excludes halogenated alkanes) is 1. The highest BCUT2D eigenvalue weighted by Gasteiger charge is 2.22. The van der Waals surface area contributed by atoms with Crippen LogP contribution in [0.15, 0.2) is 12.7 Å². The molecule has 2 atom stereocenters. The van der Waals surface area contributed by atoms with Crippen molar-refractivity contribution in [3.63, 3.8) is 0 Å². The first-order chi connectivity index (χ1) is 8.36. The number of ether oxygens (including phenoxy) is 3. The van der Waals surface area contributed by atoms with Gasteiger partial charge in [0.15, 0.2) is 0 Å². The first kappa shape index (κ1) is 14.7. The van der Waals surface area contributed by atoms with Crippen LogP contribution in [0.25, 0.3) is 0 Å². The molecule has 1 fully saturated rings. The van der Waals surface area contributed by atoms with Crippen molar-refractivity contribution in [3.05, 3.63) is 12.7 Å². The minimum atomic E-state index is 0.379. The van der Waals surface area contributed by atoms with E-state index < -0.39 is 0 Å². The van der Waals surface area contributed by atoms with Gasteiger partial charge in [-0.05, 0) is 38.5 Å². The lowest BCUT2D eigenvalue weighted by molar-refractivity contribution is 0.00710. The number of methoxy groups -OCH3 is 1. The quantitative estimate of drug-likeness (QED) is 0.299. The molecule has 0 N–H and O–H groups in total. The molecule has 3 nitrogen and oxygen atoms in total. The van der Waals surface area contributed by atoms with Gasteiger partial charge in [0.25, 0.3) is 0 Å². The molecular formula is C14H26O3. The fourth-order valence-electron chi connectivity index (χ4n) is 1.91. The van der Waals surface area contributed by atoms with Crippen LogP contribution in [0.2, 0.25) is 0 Å². The van der Waals surface area contributed by atoms with Crippen molar-refractivity contribution in [1.82, 2.24) is 0 Å². The SMILES string of the molecule is C=CCCCC(CCCC1CO1)OCCOC. The van der Waals surface area contributed by atoms with Gasteiger partial charge in [-0.3, -0.25) is 0 Å². The third kappa shape index (κ3) is 8.36. The van der Waals surface area contributed by atoms with Gasteiger partial charge in [0.2, 0.25) is 0 Å². The monoisotopic (exact) mass is 242 g/mol. The largest absolute Gasteiger partial charge is 0.382 e. The van der Waals surface area contributed by atoms with Crippen LogP contribution in [0.4, 0.5) is 0 Å². The van der Waals surface area contributed by atoms with Gasteiger partial charge in [-0.1, -0.05) is 6.08 Å². The van der Waals surface area contributed by atoms with Crippen LogP contribution in [0, 0.1) is 0 Å². The second-order valence-electron chi connectivity index (χ2n) is 4.59. The highest BCUT2D eigenvalue weighted by atomic mass is 16.6. The maximum absolute atomic E-state index is 5.83. The predicted molar refractivity (Wildman–Crippen MR) is 69.3 cm³/mol. The Morgan fingerprint density at radius 1 is 1.35 bits per heavy atom. The summed E-state index contributed by atoms with van der Waals surface area (Å²) < 4.78 is 16.1. The number of hydrogen-bond acceptors (Lipinski definition) is 3. The normalized spacial score (nSPS) is 20.2. The van der Waals surface area contributed by atoms with E-state index in [1.165, 1.54) is 19.3 Å². The van der Waals surface area contributed by atoms with E-state index in [4.69, 9.17) is 14.2 Å². The van der Waals surface area contributed by atoms with E-state index in [-0.39, 0.29) is 0 Å². The predicted octanol–water partition coefficient (Wildman–Crippen LogP) is 2.94. The lowest BCUT2D eigenvalue weighted by Crippen LogP contribution is -2.16.